The van der Waals surface area contributed by atoms with Gasteiger partial charge in [-0.05, 0) is 51.9 Å². The molecule has 0 aromatic carbocycles. The molecular formula is C23H36O2. The number of hydrogen-bond donors (Lipinski definition) is 2. The van der Waals surface area contributed by atoms with E-state index in [4.69, 9.17) is 5.11 Å². The largest absolute Gasteiger partial charge is 0.396 e. The number of aliphatic hydroxyl groups excluding tert-OH is 1. The van der Waals surface area contributed by atoms with Crippen molar-refractivity contribution < 1.29 is 10.2 Å². The van der Waals surface area contributed by atoms with E-state index in [1.54, 1.807) is 13.0 Å². The summed E-state index contributed by atoms with van der Waals surface area (Å²) in [6, 6.07) is 0. The SMILES string of the molecule is CC/C=C\C/C=C\C/C=C\C/C=C\C/C=C\C=C\C(C)(O)CCCO. The molecule has 2 heteroatoms. The van der Waals surface area contributed by atoms with Gasteiger partial charge in [-0.3, -0.25) is 0 Å². The molecule has 25 heavy (non-hydrogen) atoms. The van der Waals surface area contributed by atoms with E-state index in [0.717, 1.165) is 32.1 Å². The quantitative estimate of drug-likeness (QED) is 0.308. The molecule has 2 nitrogen and oxygen atoms in total. The minimum Gasteiger partial charge on any atom is -0.396 e. The summed E-state index contributed by atoms with van der Waals surface area (Å²) in [6.07, 6.45) is 31.3. The van der Waals surface area contributed by atoms with Crippen LogP contribution in [-0.4, -0.2) is 22.4 Å². The van der Waals surface area contributed by atoms with Crippen molar-refractivity contribution in [2.75, 3.05) is 6.61 Å². The summed E-state index contributed by atoms with van der Waals surface area (Å²) in [4.78, 5) is 0. The Bertz CT molecular complexity index is 462. The monoisotopic (exact) mass is 344 g/mol. The van der Waals surface area contributed by atoms with Crippen molar-refractivity contribution in [1.29, 1.82) is 0 Å². The van der Waals surface area contributed by atoms with Gasteiger partial charge in [-0.25, -0.2) is 0 Å². The Labute approximate surface area is 154 Å². The van der Waals surface area contributed by atoms with Gasteiger partial charge in [0.25, 0.3) is 0 Å². The maximum Gasteiger partial charge on any atom is 0.0803 e. The predicted molar refractivity (Wildman–Crippen MR) is 111 cm³/mol. The smallest absolute Gasteiger partial charge is 0.0803 e. The van der Waals surface area contributed by atoms with Gasteiger partial charge >= 0.3 is 0 Å². The van der Waals surface area contributed by atoms with Crippen LogP contribution in [0.5, 0.6) is 0 Å². The summed E-state index contributed by atoms with van der Waals surface area (Å²) < 4.78 is 0. The van der Waals surface area contributed by atoms with Gasteiger partial charge in [-0.2, -0.15) is 0 Å². The van der Waals surface area contributed by atoms with Crippen LogP contribution < -0.4 is 0 Å². The third kappa shape index (κ3) is 18.5. The molecule has 0 heterocycles. The molecule has 0 saturated heterocycles. The van der Waals surface area contributed by atoms with Gasteiger partial charge in [0, 0.05) is 6.61 Å². The molecule has 0 aliphatic rings. The van der Waals surface area contributed by atoms with Crippen LogP contribution in [0.4, 0.5) is 0 Å². The van der Waals surface area contributed by atoms with Crippen LogP contribution >= 0.6 is 0 Å². The fourth-order valence-electron chi connectivity index (χ4n) is 2.09. The van der Waals surface area contributed by atoms with E-state index < -0.39 is 5.60 Å². The number of aliphatic hydroxyl groups is 2. The van der Waals surface area contributed by atoms with Crippen LogP contribution in [0, 0.1) is 0 Å². The second kappa shape index (κ2) is 17.2. The molecule has 1 unspecified atom stereocenters. The van der Waals surface area contributed by atoms with Crippen LogP contribution in [0.15, 0.2) is 72.9 Å². The topological polar surface area (TPSA) is 40.5 Å². The molecular weight excluding hydrogens is 308 g/mol. The minimum atomic E-state index is -0.839. The van der Waals surface area contributed by atoms with Gasteiger partial charge < -0.3 is 10.2 Å². The van der Waals surface area contributed by atoms with Gasteiger partial charge in [0.05, 0.1) is 5.60 Å². The summed E-state index contributed by atoms with van der Waals surface area (Å²) in [7, 11) is 0. The van der Waals surface area contributed by atoms with E-state index in [9.17, 15) is 5.11 Å². The first-order valence-electron chi connectivity index (χ1n) is 9.40. The minimum absolute atomic E-state index is 0.117. The molecule has 0 rings (SSSR count). The molecule has 0 bridgehead atoms. The maximum absolute atomic E-state index is 10.00. The van der Waals surface area contributed by atoms with Crippen molar-refractivity contribution in [3.8, 4) is 0 Å². The summed E-state index contributed by atoms with van der Waals surface area (Å²) >= 11 is 0. The van der Waals surface area contributed by atoms with Crippen molar-refractivity contribution >= 4 is 0 Å². The Morgan fingerprint density at radius 1 is 0.720 bits per heavy atom. The van der Waals surface area contributed by atoms with Gasteiger partial charge in [-0.1, -0.05) is 79.8 Å². The highest BCUT2D eigenvalue weighted by atomic mass is 16.3. The third-order valence-electron chi connectivity index (χ3n) is 3.53. The Balaban J connectivity index is 3.74. The summed E-state index contributed by atoms with van der Waals surface area (Å²) in [5, 5.41) is 18.8. The van der Waals surface area contributed by atoms with Gasteiger partial charge in [0.2, 0.25) is 0 Å². The van der Waals surface area contributed by atoms with Crippen LogP contribution in [0.3, 0.4) is 0 Å². The van der Waals surface area contributed by atoms with E-state index in [0.29, 0.717) is 12.8 Å². The van der Waals surface area contributed by atoms with Crippen molar-refractivity contribution in [1.82, 2.24) is 0 Å². The van der Waals surface area contributed by atoms with Gasteiger partial charge in [0.1, 0.15) is 0 Å². The fourth-order valence-corrected chi connectivity index (χ4v) is 2.09. The summed E-state index contributed by atoms with van der Waals surface area (Å²) in [5.74, 6) is 0. The average molecular weight is 345 g/mol. The van der Waals surface area contributed by atoms with Crippen molar-refractivity contribution in [2.45, 2.75) is 64.4 Å². The van der Waals surface area contributed by atoms with E-state index in [2.05, 4.69) is 61.6 Å². The first-order chi connectivity index (χ1) is 12.1. The standard InChI is InChI=1S/C23H36O2/c1-3-4-5-6-7-8-9-10-11-12-13-14-15-16-17-18-20-23(2,25)21-19-22-24/h4-5,7-8,10-11,13-14,16-18,20,24-25H,3,6,9,12,15,19,21-22H2,1-2H3/b5-4-,8-7-,11-10-,14-13-,17-16-,20-18+. The molecule has 0 fully saturated rings. The fraction of sp³-hybridized carbons (Fsp3) is 0.478. The van der Waals surface area contributed by atoms with E-state index >= 15 is 0 Å². The second-order valence-electron chi connectivity index (χ2n) is 6.21. The molecule has 0 aromatic rings. The Hall–Kier alpha value is -1.64. The molecule has 0 aromatic heterocycles. The first-order valence-corrected chi connectivity index (χ1v) is 9.40. The normalized spacial score (nSPS) is 15.8. The zero-order valence-corrected chi connectivity index (χ0v) is 16.0. The zero-order valence-electron chi connectivity index (χ0n) is 16.0. The highest BCUT2D eigenvalue weighted by Gasteiger charge is 2.14. The van der Waals surface area contributed by atoms with E-state index in [-0.39, 0.29) is 6.61 Å². The number of rotatable bonds is 14. The van der Waals surface area contributed by atoms with Crippen molar-refractivity contribution in [3.05, 3.63) is 72.9 Å². The lowest BCUT2D eigenvalue weighted by Gasteiger charge is -2.17. The number of hydrogen-bond acceptors (Lipinski definition) is 2. The summed E-state index contributed by atoms with van der Waals surface area (Å²) in [5.41, 5.74) is -0.839. The van der Waals surface area contributed by atoms with Crippen LogP contribution in [-0.2, 0) is 0 Å². The summed E-state index contributed by atoms with van der Waals surface area (Å²) in [6.45, 7) is 4.02. The van der Waals surface area contributed by atoms with Gasteiger partial charge in [-0.15, -0.1) is 0 Å². The van der Waals surface area contributed by atoms with Crippen molar-refractivity contribution in [2.24, 2.45) is 0 Å². The molecule has 0 aliphatic carbocycles. The van der Waals surface area contributed by atoms with Crippen LogP contribution in [0.2, 0.25) is 0 Å². The molecule has 0 aliphatic heterocycles. The molecule has 0 saturated carbocycles. The lowest BCUT2D eigenvalue weighted by Crippen LogP contribution is -2.20. The molecule has 0 radical (unpaired) electrons. The molecule has 140 valence electrons. The number of allylic oxidation sites excluding steroid dienone is 11. The first kappa shape index (κ1) is 23.4. The molecule has 0 amide bonds. The lowest BCUT2D eigenvalue weighted by molar-refractivity contribution is 0.0918. The lowest BCUT2D eigenvalue weighted by atomic mass is 10.00. The van der Waals surface area contributed by atoms with E-state index in [1.807, 2.05) is 12.2 Å². The Morgan fingerprint density at radius 2 is 1.20 bits per heavy atom. The second-order valence-corrected chi connectivity index (χ2v) is 6.21. The van der Waals surface area contributed by atoms with Crippen molar-refractivity contribution in [3.63, 3.8) is 0 Å². The average Bonchev–Trinajstić information content (AvgIpc) is 2.59. The Morgan fingerprint density at radius 3 is 1.68 bits per heavy atom. The third-order valence-corrected chi connectivity index (χ3v) is 3.53. The molecule has 1 atom stereocenters. The molecule has 2 N–H and O–H groups in total. The van der Waals surface area contributed by atoms with E-state index in [1.165, 1.54) is 0 Å². The highest BCUT2D eigenvalue weighted by Crippen LogP contribution is 2.13. The molecule has 0 spiro atoms. The zero-order chi connectivity index (χ0) is 18.6. The predicted octanol–water partition coefficient (Wildman–Crippen LogP) is 5.82. The van der Waals surface area contributed by atoms with Crippen LogP contribution in [0.25, 0.3) is 0 Å². The van der Waals surface area contributed by atoms with Gasteiger partial charge in [0.15, 0.2) is 0 Å². The van der Waals surface area contributed by atoms with Crippen LogP contribution in [0.1, 0.15) is 58.8 Å². The maximum atomic E-state index is 10.00. The highest BCUT2D eigenvalue weighted by molar-refractivity contribution is 5.10. The Kier molecular flexibility index (Phi) is 16.1.